The average molecular weight is 314 g/mol. The van der Waals surface area contributed by atoms with Gasteiger partial charge in [0.1, 0.15) is 11.6 Å². The molecule has 0 saturated carbocycles. The fraction of sp³-hybridized carbons (Fsp3) is 0.375. The van der Waals surface area contributed by atoms with Gasteiger partial charge in [-0.05, 0) is 24.8 Å². The predicted octanol–water partition coefficient (Wildman–Crippen LogP) is 2.67. The third-order valence-corrected chi connectivity index (χ3v) is 3.86. The van der Waals surface area contributed by atoms with Gasteiger partial charge < -0.3 is 10.2 Å². The summed E-state index contributed by atoms with van der Waals surface area (Å²) in [5.41, 5.74) is 0.385. The van der Waals surface area contributed by atoms with Crippen molar-refractivity contribution >= 4 is 17.3 Å². The Kier molecular flexibility index (Phi) is 5.31. The molecule has 7 nitrogen and oxygen atoms in total. The molecule has 1 heterocycles. The Bertz CT molecular complexity index is 670. The van der Waals surface area contributed by atoms with Crippen LogP contribution in [0.4, 0.5) is 11.4 Å². The Morgan fingerprint density at radius 1 is 1.48 bits per heavy atom. The number of nitriles is 1. The van der Waals surface area contributed by atoms with Crippen molar-refractivity contribution in [2.75, 3.05) is 18.4 Å². The molecule has 0 atom stereocenters. The van der Waals surface area contributed by atoms with Gasteiger partial charge in [-0.15, -0.1) is 0 Å². The number of hydrogen-bond acceptors (Lipinski definition) is 5. The van der Waals surface area contributed by atoms with E-state index in [1.54, 1.807) is 11.0 Å². The van der Waals surface area contributed by atoms with Crippen molar-refractivity contribution in [2.45, 2.75) is 19.8 Å². The minimum Gasteiger partial charge on any atom is -0.360 e. The Balaban J connectivity index is 2.07. The summed E-state index contributed by atoms with van der Waals surface area (Å²) in [6.07, 6.45) is 3.17. The summed E-state index contributed by atoms with van der Waals surface area (Å²) in [5.74, 6) is 0.286. The van der Waals surface area contributed by atoms with Gasteiger partial charge in [-0.2, -0.15) is 5.26 Å². The lowest BCUT2D eigenvalue weighted by molar-refractivity contribution is -0.384. The van der Waals surface area contributed by atoms with E-state index >= 15 is 0 Å². The summed E-state index contributed by atoms with van der Waals surface area (Å²) in [7, 11) is 0. The molecule has 0 spiro atoms. The molecule has 1 fully saturated rings. The molecule has 7 heteroatoms. The first-order valence-electron chi connectivity index (χ1n) is 7.42. The van der Waals surface area contributed by atoms with Crippen molar-refractivity contribution in [2.24, 2.45) is 5.92 Å². The quantitative estimate of drug-likeness (QED) is 0.398. The molecular weight excluding hydrogens is 296 g/mol. The number of nitrogens with zero attached hydrogens (tertiary/aromatic N) is 3. The Morgan fingerprint density at radius 3 is 2.78 bits per heavy atom. The van der Waals surface area contributed by atoms with E-state index in [1.807, 2.05) is 6.07 Å². The summed E-state index contributed by atoms with van der Waals surface area (Å²) >= 11 is 0. The van der Waals surface area contributed by atoms with Gasteiger partial charge in [-0.1, -0.05) is 13.0 Å². The van der Waals surface area contributed by atoms with Crippen LogP contribution in [0.3, 0.4) is 0 Å². The number of anilines is 1. The molecule has 0 aromatic heterocycles. The molecule has 1 saturated heterocycles. The minimum atomic E-state index is -0.500. The van der Waals surface area contributed by atoms with Crippen LogP contribution in [0.1, 0.15) is 19.8 Å². The normalized spacial score (nSPS) is 15.8. The number of benzene rings is 1. The number of hydrogen-bond donors (Lipinski definition) is 1. The molecule has 1 aliphatic rings. The summed E-state index contributed by atoms with van der Waals surface area (Å²) in [6, 6.07) is 7.78. The number of likely N-dealkylation sites (tertiary alicyclic amines) is 1. The van der Waals surface area contributed by atoms with Crippen molar-refractivity contribution in [1.29, 1.82) is 5.26 Å². The van der Waals surface area contributed by atoms with Crippen LogP contribution in [0.5, 0.6) is 0 Å². The highest BCUT2D eigenvalue weighted by atomic mass is 16.6. The highest BCUT2D eigenvalue weighted by molar-refractivity contribution is 5.97. The highest BCUT2D eigenvalue weighted by Crippen LogP contribution is 2.19. The number of amides is 1. The van der Waals surface area contributed by atoms with E-state index in [4.69, 9.17) is 0 Å². The smallest absolute Gasteiger partial charge is 0.271 e. The number of carbonyl (C=O) groups is 1. The molecule has 2 rings (SSSR count). The monoisotopic (exact) mass is 314 g/mol. The molecule has 0 radical (unpaired) electrons. The lowest BCUT2D eigenvalue weighted by Gasteiger charge is -2.30. The van der Waals surface area contributed by atoms with Gasteiger partial charge in [0.05, 0.1) is 4.92 Å². The molecule has 1 N–H and O–H groups in total. The van der Waals surface area contributed by atoms with Crippen LogP contribution >= 0.6 is 0 Å². The number of rotatable bonds is 4. The molecule has 0 bridgehead atoms. The second kappa shape index (κ2) is 7.40. The van der Waals surface area contributed by atoms with Gasteiger partial charge in [-0.25, -0.2) is 0 Å². The molecule has 0 unspecified atom stereocenters. The fourth-order valence-electron chi connectivity index (χ4n) is 2.39. The van der Waals surface area contributed by atoms with Crippen molar-refractivity contribution in [3.8, 4) is 6.07 Å². The van der Waals surface area contributed by atoms with E-state index in [0.29, 0.717) is 24.7 Å². The van der Waals surface area contributed by atoms with Gasteiger partial charge in [0.15, 0.2) is 0 Å². The van der Waals surface area contributed by atoms with E-state index in [9.17, 15) is 20.2 Å². The maximum absolute atomic E-state index is 12.3. The average Bonchev–Trinajstić information content (AvgIpc) is 2.56. The maximum atomic E-state index is 12.3. The van der Waals surface area contributed by atoms with Gasteiger partial charge in [0.2, 0.25) is 0 Å². The van der Waals surface area contributed by atoms with Crippen molar-refractivity contribution in [3.63, 3.8) is 0 Å². The molecule has 120 valence electrons. The number of carbonyl (C=O) groups excluding carboxylic acids is 1. The second-order valence-electron chi connectivity index (χ2n) is 5.60. The fourth-order valence-corrected chi connectivity index (χ4v) is 2.39. The molecule has 1 aliphatic heterocycles. The van der Waals surface area contributed by atoms with Crippen LogP contribution in [-0.2, 0) is 4.79 Å². The number of nitrogens with one attached hydrogen (secondary N) is 1. The van der Waals surface area contributed by atoms with Crippen LogP contribution in [0.2, 0.25) is 0 Å². The maximum Gasteiger partial charge on any atom is 0.271 e. The zero-order valence-electron chi connectivity index (χ0n) is 12.9. The first kappa shape index (κ1) is 16.5. The SMILES string of the molecule is CC1CCN(C(=O)/C(C#N)=C\Nc2cccc([N+](=O)[O-])c2)CC1. The second-order valence-corrected chi connectivity index (χ2v) is 5.60. The van der Waals surface area contributed by atoms with E-state index in [2.05, 4.69) is 12.2 Å². The van der Waals surface area contributed by atoms with Crippen LogP contribution in [0, 0.1) is 27.4 Å². The Labute approximate surface area is 134 Å². The van der Waals surface area contributed by atoms with Gasteiger partial charge in [0.25, 0.3) is 11.6 Å². The first-order chi connectivity index (χ1) is 11.0. The summed E-state index contributed by atoms with van der Waals surface area (Å²) in [6.45, 7) is 3.44. The molecular formula is C16H18N4O3. The van der Waals surface area contributed by atoms with Crippen LogP contribution in [0.25, 0.3) is 0 Å². The lowest BCUT2D eigenvalue weighted by atomic mass is 9.99. The topological polar surface area (TPSA) is 99.3 Å². The van der Waals surface area contributed by atoms with Crippen molar-refractivity contribution < 1.29 is 9.72 Å². The standard InChI is InChI=1S/C16H18N4O3/c1-12-5-7-19(8-6-12)16(21)13(10-17)11-18-14-3-2-4-15(9-14)20(22)23/h2-4,9,11-12,18H,5-8H2,1H3/b13-11-. The molecule has 1 amide bonds. The summed E-state index contributed by atoms with van der Waals surface area (Å²) in [5, 5.41) is 22.7. The van der Waals surface area contributed by atoms with E-state index in [1.165, 1.54) is 24.4 Å². The van der Waals surface area contributed by atoms with Crippen molar-refractivity contribution in [1.82, 2.24) is 4.90 Å². The predicted molar refractivity (Wildman–Crippen MR) is 85.4 cm³/mol. The van der Waals surface area contributed by atoms with Crippen molar-refractivity contribution in [3.05, 3.63) is 46.2 Å². The third kappa shape index (κ3) is 4.30. The number of nitro benzene ring substituents is 1. The zero-order chi connectivity index (χ0) is 16.8. The van der Waals surface area contributed by atoms with Gasteiger partial charge in [0, 0.05) is 37.1 Å². The molecule has 1 aromatic carbocycles. The summed E-state index contributed by atoms with van der Waals surface area (Å²) in [4.78, 5) is 24.2. The Morgan fingerprint density at radius 2 is 2.17 bits per heavy atom. The van der Waals surface area contributed by atoms with Crippen LogP contribution in [0.15, 0.2) is 36.0 Å². The van der Waals surface area contributed by atoms with E-state index in [0.717, 1.165) is 12.8 Å². The molecule has 1 aromatic rings. The molecule has 23 heavy (non-hydrogen) atoms. The number of nitro groups is 1. The van der Waals surface area contributed by atoms with Gasteiger partial charge in [-0.3, -0.25) is 14.9 Å². The van der Waals surface area contributed by atoms with Gasteiger partial charge >= 0.3 is 0 Å². The van der Waals surface area contributed by atoms with E-state index < -0.39 is 4.92 Å². The molecule has 0 aliphatic carbocycles. The summed E-state index contributed by atoms with van der Waals surface area (Å²) < 4.78 is 0. The number of non-ortho nitro benzene ring substituents is 1. The minimum absolute atomic E-state index is 0.00828. The number of piperidine rings is 1. The highest BCUT2D eigenvalue weighted by Gasteiger charge is 2.23. The van der Waals surface area contributed by atoms with Crippen LogP contribution < -0.4 is 5.32 Å². The zero-order valence-corrected chi connectivity index (χ0v) is 12.9. The lowest BCUT2D eigenvalue weighted by Crippen LogP contribution is -2.38. The van der Waals surface area contributed by atoms with E-state index in [-0.39, 0.29) is 17.2 Å². The largest absolute Gasteiger partial charge is 0.360 e. The Hall–Kier alpha value is -2.88. The first-order valence-corrected chi connectivity index (χ1v) is 7.42. The third-order valence-electron chi connectivity index (χ3n) is 3.86. The van der Waals surface area contributed by atoms with Crippen LogP contribution in [-0.4, -0.2) is 28.8 Å².